The quantitative estimate of drug-likeness (QED) is 0.735. The Morgan fingerprint density at radius 1 is 1.18 bits per heavy atom. The van der Waals surface area contributed by atoms with Crippen LogP contribution in [-0.2, 0) is 13.0 Å². The van der Waals surface area contributed by atoms with Crippen LogP contribution in [0.25, 0.3) is 0 Å². The van der Waals surface area contributed by atoms with E-state index in [1.165, 1.54) is 33.4 Å². The van der Waals surface area contributed by atoms with Gasteiger partial charge in [-0.2, -0.15) is 0 Å². The first-order valence-electron chi connectivity index (χ1n) is 7.90. The molecule has 1 heterocycles. The van der Waals surface area contributed by atoms with Crippen molar-refractivity contribution < 1.29 is 5.11 Å². The summed E-state index contributed by atoms with van der Waals surface area (Å²) in [6.07, 6.45) is 2.23. The van der Waals surface area contributed by atoms with E-state index in [1.54, 1.807) is 0 Å². The van der Waals surface area contributed by atoms with Gasteiger partial charge in [0.1, 0.15) is 5.75 Å². The molecule has 114 valence electrons. The smallest absolute Gasteiger partial charge is 0.130 e. The van der Waals surface area contributed by atoms with Crippen LogP contribution < -0.4 is 5.32 Å². The second-order valence-corrected chi connectivity index (χ2v) is 7.44. The lowest BCUT2D eigenvalue weighted by molar-refractivity contribution is 0.390. The summed E-state index contributed by atoms with van der Waals surface area (Å²) in [5, 5.41) is 13.9. The maximum absolute atomic E-state index is 10.1. The molecule has 0 radical (unpaired) electrons. The van der Waals surface area contributed by atoms with Crippen LogP contribution in [0.3, 0.4) is 0 Å². The summed E-state index contributed by atoms with van der Waals surface area (Å²) in [5.74, 6) is 0.696. The van der Waals surface area contributed by atoms with E-state index in [2.05, 4.69) is 53.3 Å². The normalized spacial score (nSPS) is 22.7. The number of rotatable bonds is 0. The molecule has 22 heavy (non-hydrogen) atoms. The molecule has 2 aromatic carbocycles. The fourth-order valence-corrected chi connectivity index (χ4v) is 4.47. The number of phenols is 1. The van der Waals surface area contributed by atoms with E-state index in [-0.39, 0.29) is 0 Å². The zero-order chi connectivity index (χ0) is 15.4. The van der Waals surface area contributed by atoms with Crippen molar-refractivity contribution in [3.05, 3.63) is 62.1 Å². The Kier molecular flexibility index (Phi) is 3.31. The Bertz CT molecular complexity index is 767. The third-order valence-corrected chi connectivity index (χ3v) is 6.09. The first-order valence-corrected chi connectivity index (χ1v) is 8.69. The number of aryl methyl sites for hydroxylation is 2. The van der Waals surface area contributed by atoms with Crippen LogP contribution in [0, 0.1) is 13.8 Å². The van der Waals surface area contributed by atoms with Crippen molar-refractivity contribution in [3.8, 4) is 5.75 Å². The molecule has 2 nitrogen and oxygen atoms in total. The van der Waals surface area contributed by atoms with Gasteiger partial charge in [0.15, 0.2) is 0 Å². The molecule has 0 fully saturated rings. The minimum absolute atomic E-state index is 0.343. The summed E-state index contributed by atoms with van der Waals surface area (Å²) in [7, 11) is 0. The van der Waals surface area contributed by atoms with E-state index in [1.807, 2.05) is 6.07 Å². The molecule has 0 saturated heterocycles. The van der Waals surface area contributed by atoms with Crippen molar-refractivity contribution in [2.45, 2.75) is 45.2 Å². The van der Waals surface area contributed by atoms with E-state index >= 15 is 0 Å². The second-order valence-electron chi connectivity index (χ2n) is 6.58. The van der Waals surface area contributed by atoms with Crippen LogP contribution in [-0.4, -0.2) is 11.1 Å². The van der Waals surface area contributed by atoms with E-state index in [0.29, 0.717) is 17.7 Å². The average Bonchev–Trinajstić information content (AvgIpc) is 2.51. The zero-order valence-electron chi connectivity index (χ0n) is 12.9. The van der Waals surface area contributed by atoms with Gasteiger partial charge in [-0.3, -0.25) is 0 Å². The lowest BCUT2D eigenvalue weighted by atomic mass is 9.71. The lowest BCUT2D eigenvalue weighted by Crippen LogP contribution is -2.43. The number of hydrogen-bond donors (Lipinski definition) is 2. The highest BCUT2D eigenvalue weighted by Crippen LogP contribution is 2.44. The maximum atomic E-state index is 10.1. The van der Waals surface area contributed by atoms with Gasteiger partial charge in [-0.15, -0.1) is 0 Å². The van der Waals surface area contributed by atoms with Gasteiger partial charge < -0.3 is 10.4 Å². The third kappa shape index (κ3) is 2.03. The highest BCUT2D eigenvalue weighted by atomic mass is 79.9. The maximum Gasteiger partial charge on any atom is 0.130 e. The van der Waals surface area contributed by atoms with E-state index in [0.717, 1.165) is 23.9 Å². The SMILES string of the molecule is Cc1ccc2c(c1C)CN[C@H]1CCc3cc(Br)c(O)cc3[C@H]21. The Morgan fingerprint density at radius 3 is 2.82 bits per heavy atom. The molecule has 3 heteroatoms. The summed E-state index contributed by atoms with van der Waals surface area (Å²) in [6, 6.07) is 9.06. The third-order valence-electron chi connectivity index (χ3n) is 5.45. The molecule has 0 aromatic heterocycles. The average molecular weight is 358 g/mol. The molecule has 2 N–H and O–H groups in total. The molecule has 2 aromatic rings. The standard InChI is InChI=1S/C19H20BrNO/c1-10-3-5-13-15(11(10)2)9-21-17-6-4-12-7-16(20)18(22)8-14(12)19(13)17/h3,5,7-8,17,19,21-22H,4,6,9H2,1-2H3/t17-,19-/m0/s1. The molecule has 0 bridgehead atoms. The molecular formula is C19H20BrNO. The number of benzene rings is 2. The fraction of sp³-hybridized carbons (Fsp3) is 0.368. The number of halogens is 1. The van der Waals surface area contributed by atoms with E-state index in [9.17, 15) is 5.11 Å². The predicted octanol–water partition coefficient (Wildman–Crippen LogP) is 4.32. The molecule has 1 aliphatic carbocycles. The Morgan fingerprint density at radius 2 is 2.00 bits per heavy atom. The van der Waals surface area contributed by atoms with Crippen molar-refractivity contribution in [3.63, 3.8) is 0 Å². The number of hydrogen-bond acceptors (Lipinski definition) is 2. The first-order chi connectivity index (χ1) is 10.6. The monoisotopic (exact) mass is 357 g/mol. The van der Waals surface area contributed by atoms with Crippen molar-refractivity contribution in [1.29, 1.82) is 0 Å². The Hall–Kier alpha value is -1.32. The van der Waals surface area contributed by atoms with Crippen LogP contribution >= 0.6 is 15.9 Å². The Labute approximate surface area is 139 Å². The molecule has 0 amide bonds. The molecule has 0 spiro atoms. The van der Waals surface area contributed by atoms with E-state index < -0.39 is 0 Å². The van der Waals surface area contributed by atoms with Crippen LogP contribution in [0.5, 0.6) is 5.75 Å². The second kappa shape index (κ2) is 5.10. The summed E-state index contributed by atoms with van der Waals surface area (Å²) in [5.41, 5.74) is 8.28. The number of phenolic OH excluding ortho intramolecular Hbond substituents is 1. The minimum Gasteiger partial charge on any atom is -0.507 e. The largest absolute Gasteiger partial charge is 0.507 e. The van der Waals surface area contributed by atoms with Gasteiger partial charge in [0.25, 0.3) is 0 Å². The zero-order valence-corrected chi connectivity index (χ0v) is 14.5. The van der Waals surface area contributed by atoms with Gasteiger partial charge in [-0.05, 0) is 88.1 Å². The molecule has 0 unspecified atom stereocenters. The van der Waals surface area contributed by atoms with Gasteiger partial charge >= 0.3 is 0 Å². The van der Waals surface area contributed by atoms with Crippen molar-refractivity contribution >= 4 is 15.9 Å². The van der Waals surface area contributed by atoms with Gasteiger partial charge in [0.05, 0.1) is 4.47 Å². The van der Waals surface area contributed by atoms with Crippen molar-refractivity contribution in [1.82, 2.24) is 5.32 Å². The Balaban J connectivity index is 1.93. The molecular weight excluding hydrogens is 338 g/mol. The molecule has 1 aliphatic heterocycles. The van der Waals surface area contributed by atoms with Crippen molar-refractivity contribution in [2.24, 2.45) is 0 Å². The highest BCUT2D eigenvalue weighted by Gasteiger charge is 2.36. The first kappa shape index (κ1) is 14.3. The minimum atomic E-state index is 0.343. The van der Waals surface area contributed by atoms with E-state index in [4.69, 9.17) is 0 Å². The van der Waals surface area contributed by atoms with Gasteiger partial charge in [0, 0.05) is 18.5 Å². The van der Waals surface area contributed by atoms with Crippen LogP contribution in [0.1, 0.15) is 45.7 Å². The predicted molar refractivity (Wildman–Crippen MR) is 92.5 cm³/mol. The van der Waals surface area contributed by atoms with Crippen LogP contribution in [0.2, 0.25) is 0 Å². The number of nitrogens with one attached hydrogen (secondary N) is 1. The summed E-state index contributed by atoms with van der Waals surface area (Å²) in [6.45, 7) is 5.36. The van der Waals surface area contributed by atoms with Crippen molar-refractivity contribution in [2.75, 3.05) is 0 Å². The highest BCUT2D eigenvalue weighted by molar-refractivity contribution is 9.10. The topological polar surface area (TPSA) is 32.3 Å². The fourth-order valence-electron chi connectivity index (χ4n) is 4.08. The van der Waals surface area contributed by atoms with Gasteiger partial charge in [-0.25, -0.2) is 0 Å². The molecule has 2 aliphatic rings. The van der Waals surface area contributed by atoms with Crippen LogP contribution in [0.4, 0.5) is 0 Å². The summed E-state index contributed by atoms with van der Waals surface area (Å²) in [4.78, 5) is 0. The molecule has 0 saturated carbocycles. The summed E-state index contributed by atoms with van der Waals surface area (Å²) < 4.78 is 0.800. The summed E-state index contributed by atoms with van der Waals surface area (Å²) >= 11 is 3.45. The lowest BCUT2D eigenvalue weighted by Gasteiger charge is -2.40. The van der Waals surface area contributed by atoms with Crippen LogP contribution in [0.15, 0.2) is 28.7 Å². The number of fused-ring (bicyclic) bond motifs is 5. The van der Waals surface area contributed by atoms with Gasteiger partial charge in [-0.1, -0.05) is 12.1 Å². The van der Waals surface area contributed by atoms with Gasteiger partial charge in [0.2, 0.25) is 0 Å². The molecule has 2 atom stereocenters. The molecule has 4 rings (SSSR count). The number of aromatic hydroxyl groups is 1.